The fraction of sp³-hybridized carbons (Fsp3) is 0.167. The highest BCUT2D eigenvalue weighted by molar-refractivity contribution is 5.86. The fourth-order valence-electron chi connectivity index (χ4n) is 2.98. The summed E-state index contributed by atoms with van der Waals surface area (Å²) in [6, 6.07) is 26.1. The molecule has 3 aromatic carbocycles. The van der Waals surface area contributed by atoms with Gasteiger partial charge in [-0.2, -0.15) is 5.26 Å². The van der Waals surface area contributed by atoms with Crippen LogP contribution < -0.4 is 15.4 Å². The molecule has 1 saturated carbocycles. The molecule has 1 unspecified atom stereocenters. The predicted molar refractivity (Wildman–Crippen MR) is 112 cm³/mol. The van der Waals surface area contributed by atoms with Crippen molar-refractivity contribution in [3.8, 4) is 17.6 Å². The number of nitrogens with one attached hydrogen (secondary N) is 2. The first-order chi connectivity index (χ1) is 14.2. The highest BCUT2D eigenvalue weighted by Gasteiger charge is 2.28. The summed E-state index contributed by atoms with van der Waals surface area (Å²) in [5, 5.41) is 15.3. The summed E-state index contributed by atoms with van der Waals surface area (Å²) in [4.78, 5) is 12.7. The molecule has 1 atom stereocenters. The normalized spacial score (nSPS) is 13.8. The predicted octanol–water partition coefficient (Wildman–Crippen LogP) is 4.78. The van der Waals surface area contributed by atoms with Gasteiger partial charge in [0.1, 0.15) is 17.5 Å². The second-order valence-corrected chi connectivity index (χ2v) is 7.03. The molecule has 0 saturated heterocycles. The van der Waals surface area contributed by atoms with E-state index in [9.17, 15) is 4.79 Å². The van der Waals surface area contributed by atoms with Crippen LogP contribution in [0.2, 0.25) is 0 Å². The van der Waals surface area contributed by atoms with Gasteiger partial charge in [0.15, 0.2) is 0 Å². The van der Waals surface area contributed by atoms with Crippen molar-refractivity contribution in [1.29, 1.82) is 5.26 Å². The zero-order valence-electron chi connectivity index (χ0n) is 15.8. The number of amides is 1. The number of carbonyl (C=O) groups excluding carboxylic acids is 1. The fourth-order valence-corrected chi connectivity index (χ4v) is 2.98. The van der Waals surface area contributed by atoms with Crippen LogP contribution >= 0.6 is 0 Å². The Labute approximate surface area is 169 Å². The van der Waals surface area contributed by atoms with Crippen molar-refractivity contribution in [2.45, 2.75) is 24.9 Å². The van der Waals surface area contributed by atoms with Crippen LogP contribution in [0.1, 0.15) is 30.0 Å². The Morgan fingerprint density at radius 1 is 0.931 bits per heavy atom. The first-order valence-electron chi connectivity index (χ1n) is 9.61. The van der Waals surface area contributed by atoms with E-state index >= 15 is 0 Å². The summed E-state index contributed by atoms with van der Waals surface area (Å²) in [7, 11) is 0. The summed E-state index contributed by atoms with van der Waals surface area (Å²) in [5.74, 6) is 1.33. The highest BCUT2D eigenvalue weighted by Crippen LogP contribution is 2.27. The molecule has 0 aliphatic heterocycles. The third-order valence-electron chi connectivity index (χ3n) is 4.70. The van der Waals surface area contributed by atoms with E-state index in [2.05, 4.69) is 16.7 Å². The van der Waals surface area contributed by atoms with Crippen molar-refractivity contribution >= 4 is 11.6 Å². The van der Waals surface area contributed by atoms with Gasteiger partial charge in [-0.1, -0.05) is 30.3 Å². The smallest absolute Gasteiger partial charge is 0.247 e. The molecule has 2 N–H and O–H groups in total. The lowest BCUT2D eigenvalue weighted by atomic mass is 10.1. The topological polar surface area (TPSA) is 74.1 Å². The lowest BCUT2D eigenvalue weighted by Crippen LogP contribution is -2.34. The molecule has 29 heavy (non-hydrogen) atoms. The number of ether oxygens (including phenoxy) is 1. The largest absolute Gasteiger partial charge is 0.457 e. The Balaban J connectivity index is 1.46. The van der Waals surface area contributed by atoms with Crippen LogP contribution in [0.3, 0.4) is 0 Å². The number of benzene rings is 3. The van der Waals surface area contributed by atoms with Gasteiger partial charge < -0.3 is 15.4 Å². The van der Waals surface area contributed by atoms with Gasteiger partial charge in [0, 0.05) is 11.7 Å². The minimum Gasteiger partial charge on any atom is -0.457 e. The molecular formula is C24H21N3O2. The third-order valence-corrected chi connectivity index (χ3v) is 4.70. The Bertz CT molecular complexity index is 1000. The molecule has 0 aromatic heterocycles. The van der Waals surface area contributed by atoms with Gasteiger partial charge in [0.2, 0.25) is 5.91 Å². The van der Waals surface area contributed by atoms with Gasteiger partial charge in [0.05, 0.1) is 11.6 Å². The summed E-state index contributed by atoms with van der Waals surface area (Å²) >= 11 is 0. The van der Waals surface area contributed by atoms with Gasteiger partial charge in [-0.3, -0.25) is 4.79 Å². The molecule has 5 nitrogen and oxygen atoms in total. The minimum atomic E-state index is -0.456. The van der Waals surface area contributed by atoms with Crippen LogP contribution in [-0.4, -0.2) is 11.9 Å². The molecule has 0 radical (unpaired) electrons. The second kappa shape index (κ2) is 8.49. The molecule has 1 amide bonds. The number of nitrogens with zero attached hydrogens (tertiary/aromatic N) is 1. The van der Waals surface area contributed by atoms with Crippen LogP contribution in [0.15, 0.2) is 78.9 Å². The van der Waals surface area contributed by atoms with E-state index in [0.717, 1.165) is 24.1 Å². The monoisotopic (exact) mass is 383 g/mol. The number of anilines is 1. The van der Waals surface area contributed by atoms with Crippen molar-refractivity contribution in [1.82, 2.24) is 5.32 Å². The third kappa shape index (κ3) is 4.94. The minimum absolute atomic E-state index is 0.0170. The first-order valence-corrected chi connectivity index (χ1v) is 9.61. The van der Waals surface area contributed by atoms with E-state index in [1.54, 1.807) is 24.3 Å². The Kier molecular flexibility index (Phi) is 5.44. The Hall–Kier alpha value is -3.78. The van der Waals surface area contributed by atoms with Gasteiger partial charge >= 0.3 is 0 Å². The Morgan fingerprint density at radius 3 is 2.14 bits per heavy atom. The quantitative estimate of drug-likeness (QED) is 0.616. The maximum atomic E-state index is 12.7. The van der Waals surface area contributed by atoms with Crippen molar-refractivity contribution in [3.05, 3.63) is 90.0 Å². The molecule has 3 aromatic rings. The summed E-state index contributed by atoms with van der Waals surface area (Å²) < 4.78 is 5.81. The number of nitriles is 1. The first kappa shape index (κ1) is 18.6. The van der Waals surface area contributed by atoms with Gasteiger partial charge in [-0.15, -0.1) is 0 Å². The molecule has 0 bridgehead atoms. The number of rotatable bonds is 7. The van der Waals surface area contributed by atoms with E-state index in [1.807, 2.05) is 54.6 Å². The van der Waals surface area contributed by atoms with Crippen molar-refractivity contribution in [3.63, 3.8) is 0 Å². The lowest BCUT2D eigenvalue weighted by Gasteiger charge is -2.20. The summed E-state index contributed by atoms with van der Waals surface area (Å²) in [6.07, 6.45) is 2.10. The van der Waals surface area contributed by atoms with E-state index in [-0.39, 0.29) is 5.91 Å². The summed E-state index contributed by atoms with van der Waals surface area (Å²) in [5.41, 5.74) is 2.34. The number of hydrogen-bond donors (Lipinski definition) is 2. The van der Waals surface area contributed by atoms with Crippen LogP contribution in [0.4, 0.5) is 5.69 Å². The van der Waals surface area contributed by atoms with Crippen LogP contribution in [0.25, 0.3) is 0 Å². The number of carbonyl (C=O) groups is 1. The van der Waals surface area contributed by atoms with Crippen LogP contribution in [0.5, 0.6) is 11.5 Å². The average molecular weight is 383 g/mol. The second-order valence-electron chi connectivity index (χ2n) is 7.03. The Morgan fingerprint density at radius 2 is 1.55 bits per heavy atom. The lowest BCUT2D eigenvalue weighted by molar-refractivity contribution is -0.122. The van der Waals surface area contributed by atoms with Crippen molar-refractivity contribution in [2.24, 2.45) is 0 Å². The van der Waals surface area contributed by atoms with Gasteiger partial charge in [-0.05, 0) is 66.9 Å². The van der Waals surface area contributed by atoms with Crippen LogP contribution in [-0.2, 0) is 4.79 Å². The van der Waals surface area contributed by atoms with E-state index < -0.39 is 6.04 Å². The molecular weight excluding hydrogens is 362 g/mol. The summed E-state index contributed by atoms with van der Waals surface area (Å²) in [6.45, 7) is 0. The maximum Gasteiger partial charge on any atom is 0.247 e. The number of hydrogen-bond acceptors (Lipinski definition) is 4. The maximum absolute atomic E-state index is 12.7. The molecule has 1 aliphatic carbocycles. The van der Waals surface area contributed by atoms with Crippen molar-refractivity contribution < 1.29 is 9.53 Å². The molecule has 5 heteroatoms. The molecule has 1 fully saturated rings. The SMILES string of the molecule is N#Cc1ccc(Oc2ccc(NC(C(=O)NC3CC3)c3ccccc3)cc2)cc1. The molecule has 144 valence electrons. The van der Waals surface area contributed by atoms with Crippen LogP contribution in [0, 0.1) is 11.3 Å². The van der Waals surface area contributed by atoms with E-state index in [1.165, 1.54) is 0 Å². The van der Waals surface area contributed by atoms with E-state index in [4.69, 9.17) is 10.00 Å². The molecule has 0 heterocycles. The zero-order valence-corrected chi connectivity index (χ0v) is 15.8. The van der Waals surface area contributed by atoms with E-state index in [0.29, 0.717) is 23.1 Å². The standard InChI is InChI=1S/C24H21N3O2/c25-16-17-6-12-21(13-7-17)29-22-14-10-19(11-15-22)26-23(18-4-2-1-3-5-18)24(28)27-20-8-9-20/h1-7,10-15,20,23,26H,8-9H2,(H,27,28). The van der Waals surface area contributed by atoms with Gasteiger partial charge in [-0.25, -0.2) is 0 Å². The molecule has 0 spiro atoms. The molecule has 1 aliphatic rings. The highest BCUT2D eigenvalue weighted by atomic mass is 16.5. The van der Waals surface area contributed by atoms with Crippen molar-refractivity contribution in [2.75, 3.05) is 5.32 Å². The zero-order chi connectivity index (χ0) is 20.1. The average Bonchev–Trinajstić information content (AvgIpc) is 3.58. The van der Waals surface area contributed by atoms with Gasteiger partial charge in [0.25, 0.3) is 0 Å². The molecule has 4 rings (SSSR count).